The van der Waals surface area contributed by atoms with Crippen LogP contribution in [0.2, 0.25) is 0 Å². The molecule has 0 spiro atoms. The molecule has 0 atom stereocenters. The predicted octanol–water partition coefficient (Wildman–Crippen LogP) is 2.34. The van der Waals surface area contributed by atoms with Crippen LogP contribution in [0.15, 0.2) is 16.7 Å². The number of nitrogens with two attached hydrogens (primary N) is 1. The van der Waals surface area contributed by atoms with Gasteiger partial charge in [0.25, 0.3) is 0 Å². The summed E-state index contributed by atoms with van der Waals surface area (Å²) < 4.78 is 1.12. The van der Waals surface area contributed by atoms with E-state index in [-0.39, 0.29) is 0 Å². The number of aryl methyl sites for hydroxylation is 1. The first-order chi connectivity index (χ1) is 6.25. The molecule has 0 aliphatic rings. The lowest BCUT2D eigenvalue weighted by atomic mass is 10.2. The molecule has 0 amide bonds. The van der Waals surface area contributed by atoms with E-state index in [0.717, 1.165) is 28.2 Å². The van der Waals surface area contributed by atoms with Crippen LogP contribution in [0.3, 0.4) is 0 Å². The summed E-state index contributed by atoms with van der Waals surface area (Å²) in [5.74, 6) is 1.92. The molecule has 0 fully saturated rings. The van der Waals surface area contributed by atoms with Gasteiger partial charge in [-0.25, -0.2) is 0 Å². The number of thioether (sulfide) groups is 1. The molecule has 0 radical (unpaired) electrons. The summed E-state index contributed by atoms with van der Waals surface area (Å²) in [7, 11) is 0. The van der Waals surface area contributed by atoms with Gasteiger partial charge in [-0.05, 0) is 34.5 Å². The maximum atomic E-state index is 5.41. The SMILES string of the molecule is Cc1ccnc(CSCCN)c1Br. The molecule has 1 heterocycles. The predicted molar refractivity (Wildman–Crippen MR) is 61.9 cm³/mol. The van der Waals surface area contributed by atoms with E-state index in [1.54, 1.807) is 0 Å². The van der Waals surface area contributed by atoms with Crippen molar-refractivity contribution in [1.82, 2.24) is 4.98 Å². The van der Waals surface area contributed by atoms with Crippen molar-refractivity contribution >= 4 is 27.7 Å². The molecule has 13 heavy (non-hydrogen) atoms. The summed E-state index contributed by atoms with van der Waals surface area (Å²) in [6, 6.07) is 2.00. The van der Waals surface area contributed by atoms with Gasteiger partial charge < -0.3 is 5.73 Å². The smallest absolute Gasteiger partial charge is 0.0647 e. The van der Waals surface area contributed by atoms with E-state index in [2.05, 4.69) is 27.8 Å². The molecule has 2 N–H and O–H groups in total. The molecule has 1 rings (SSSR count). The average Bonchev–Trinajstić information content (AvgIpc) is 2.13. The van der Waals surface area contributed by atoms with E-state index in [9.17, 15) is 0 Å². The van der Waals surface area contributed by atoms with Gasteiger partial charge >= 0.3 is 0 Å². The van der Waals surface area contributed by atoms with Gasteiger partial charge in [0.2, 0.25) is 0 Å². The van der Waals surface area contributed by atoms with Gasteiger partial charge in [-0.2, -0.15) is 11.8 Å². The van der Waals surface area contributed by atoms with E-state index in [4.69, 9.17) is 5.73 Å². The zero-order valence-corrected chi connectivity index (χ0v) is 9.99. The van der Waals surface area contributed by atoms with Gasteiger partial charge in [0, 0.05) is 28.7 Å². The van der Waals surface area contributed by atoms with Crippen LogP contribution < -0.4 is 5.73 Å². The summed E-state index contributed by atoms with van der Waals surface area (Å²) in [4.78, 5) is 4.30. The van der Waals surface area contributed by atoms with Crippen molar-refractivity contribution in [2.24, 2.45) is 5.73 Å². The van der Waals surface area contributed by atoms with Crippen molar-refractivity contribution in [2.75, 3.05) is 12.3 Å². The molecule has 72 valence electrons. The number of aromatic nitrogens is 1. The van der Waals surface area contributed by atoms with E-state index in [1.165, 1.54) is 5.56 Å². The summed E-state index contributed by atoms with van der Waals surface area (Å²) in [5, 5.41) is 0. The molecule has 1 aromatic heterocycles. The Balaban J connectivity index is 2.61. The fourth-order valence-electron chi connectivity index (χ4n) is 0.949. The Labute approximate surface area is 91.4 Å². The Hall–Kier alpha value is -0.0600. The fraction of sp³-hybridized carbons (Fsp3) is 0.444. The third-order valence-electron chi connectivity index (χ3n) is 1.66. The summed E-state index contributed by atoms with van der Waals surface area (Å²) >= 11 is 5.34. The van der Waals surface area contributed by atoms with E-state index in [0.29, 0.717) is 0 Å². The number of rotatable bonds is 4. The van der Waals surface area contributed by atoms with Gasteiger partial charge in [-0.1, -0.05) is 0 Å². The van der Waals surface area contributed by atoms with Crippen LogP contribution in [-0.2, 0) is 5.75 Å². The van der Waals surface area contributed by atoms with Crippen molar-refractivity contribution < 1.29 is 0 Å². The van der Waals surface area contributed by atoms with E-state index < -0.39 is 0 Å². The molecule has 0 unspecified atom stereocenters. The molecule has 0 aliphatic carbocycles. The van der Waals surface area contributed by atoms with Crippen molar-refractivity contribution in [3.63, 3.8) is 0 Å². The maximum Gasteiger partial charge on any atom is 0.0647 e. The van der Waals surface area contributed by atoms with Crippen LogP contribution in [0.5, 0.6) is 0 Å². The number of hydrogen-bond acceptors (Lipinski definition) is 3. The van der Waals surface area contributed by atoms with Crippen LogP contribution in [0, 0.1) is 6.92 Å². The Morgan fingerprint density at radius 3 is 3.08 bits per heavy atom. The maximum absolute atomic E-state index is 5.41. The van der Waals surface area contributed by atoms with Crippen LogP contribution in [0.4, 0.5) is 0 Å². The summed E-state index contributed by atoms with van der Waals surface area (Å²) in [6.45, 7) is 2.80. The molecule has 2 nitrogen and oxygen atoms in total. The third kappa shape index (κ3) is 3.29. The lowest BCUT2D eigenvalue weighted by Gasteiger charge is -2.04. The van der Waals surface area contributed by atoms with Crippen LogP contribution in [-0.4, -0.2) is 17.3 Å². The largest absolute Gasteiger partial charge is 0.330 e. The molecule has 0 aliphatic heterocycles. The standard InChI is InChI=1S/C9H13BrN2S/c1-7-2-4-12-8(9(7)10)6-13-5-3-11/h2,4H,3,5-6,11H2,1H3. The molecule has 0 saturated heterocycles. The van der Waals surface area contributed by atoms with Gasteiger partial charge in [-0.15, -0.1) is 0 Å². The number of halogens is 1. The number of nitrogens with zero attached hydrogens (tertiary/aromatic N) is 1. The highest BCUT2D eigenvalue weighted by molar-refractivity contribution is 9.10. The molecule has 0 bridgehead atoms. The van der Waals surface area contributed by atoms with Gasteiger partial charge in [0.05, 0.1) is 5.69 Å². The second-order valence-electron chi connectivity index (χ2n) is 2.73. The topological polar surface area (TPSA) is 38.9 Å². The van der Waals surface area contributed by atoms with Gasteiger partial charge in [0.1, 0.15) is 0 Å². The number of hydrogen-bond donors (Lipinski definition) is 1. The minimum absolute atomic E-state index is 0.730. The van der Waals surface area contributed by atoms with Crippen LogP contribution in [0.1, 0.15) is 11.3 Å². The highest BCUT2D eigenvalue weighted by atomic mass is 79.9. The average molecular weight is 261 g/mol. The van der Waals surface area contributed by atoms with E-state index in [1.807, 2.05) is 24.0 Å². The third-order valence-corrected chi connectivity index (χ3v) is 3.74. The van der Waals surface area contributed by atoms with Gasteiger partial charge in [-0.3, -0.25) is 4.98 Å². The second-order valence-corrected chi connectivity index (χ2v) is 4.63. The fourth-order valence-corrected chi connectivity index (χ4v) is 2.23. The molecule has 4 heteroatoms. The minimum Gasteiger partial charge on any atom is -0.330 e. The minimum atomic E-state index is 0.730. The molecule has 0 saturated carbocycles. The first-order valence-corrected chi connectivity index (χ1v) is 6.08. The zero-order valence-electron chi connectivity index (χ0n) is 7.59. The highest BCUT2D eigenvalue weighted by Crippen LogP contribution is 2.22. The first kappa shape index (κ1) is 11.0. The second kappa shape index (κ2) is 5.62. The van der Waals surface area contributed by atoms with Crippen LogP contribution in [0.25, 0.3) is 0 Å². The molecule has 1 aromatic rings. The summed E-state index contributed by atoms with van der Waals surface area (Å²) in [6.07, 6.45) is 1.85. The molecular formula is C9H13BrN2S. The van der Waals surface area contributed by atoms with Crippen LogP contribution >= 0.6 is 27.7 Å². The first-order valence-electron chi connectivity index (χ1n) is 4.13. The van der Waals surface area contributed by atoms with Gasteiger partial charge in [0.15, 0.2) is 0 Å². The van der Waals surface area contributed by atoms with Crippen molar-refractivity contribution in [2.45, 2.75) is 12.7 Å². The van der Waals surface area contributed by atoms with Crippen molar-refractivity contribution in [3.05, 3.63) is 28.0 Å². The number of pyridine rings is 1. The van der Waals surface area contributed by atoms with E-state index >= 15 is 0 Å². The quantitative estimate of drug-likeness (QED) is 0.845. The lowest BCUT2D eigenvalue weighted by Crippen LogP contribution is -2.02. The lowest BCUT2D eigenvalue weighted by molar-refractivity contribution is 1.11. The van der Waals surface area contributed by atoms with Crippen molar-refractivity contribution in [1.29, 1.82) is 0 Å². The molecular weight excluding hydrogens is 248 g/mol. The highest BCUT2D eigenvalue weighted by Gasteiger charge is 2.02. The Bertz CT molecular complexity index is 278. The normalized spacial score (nSPS) is 10.4. The monoisotopic (exact) mass is 260 g/mol. The summed E-state index contributed by atoms with van der Waals surface area (Å²) in [5.41, 5.74) is 7.75. The Kier molecular flexibility index (Phi) is 4.77. The van der Waals surface area contributed by atoms with Crippen molar-refractivity contribution in [3.8, 4) is 0 Å². The Morgan fingerprint density at radius 1 is 1.62 bits per heavy atom. The molecule has 0 aromatic carbocycles. The Morgan fingerprint density at radius 2 is 2.38 bits per heavy atom. The zero-order chi connectivity index (χ0) is 9.68.